The number of anilines is 2. The number of rotatable bonds is 5. The van der Waals surface area contributed by atoms with E-state index in [0.717, 1.165) is 36.2 Å². The summed E-state index contributed by atoms with van der Waals surface area (Å²) >= 11 is 0. The maximum absolute atomic E-state index is 13.1. The molecule has 1 fully saturated rings. The maximum atomic E-state index is 13.1. The van der Waals surface area contributed by atoms with E-state index in [-0.39, 0.29) is 35.0 Å². The second-order valence-electron chi connectivity index (χ2n) is 8.13. The first-order valence-corrected chi connectivity index (χ1v) is 10.8. The quantitative estimate of drug-likeness (QED) is 0.441. The van der Waals surface area contributed by atoms with Gasteiger partial charge >= 0.3 is 5.97 Å². The summed E-state index contributed by atoms with van der Waals surface area (Å²) in [6.45, 7) is 3.05. The lowest BCUT2D eigenvalue weighted by molar-refractivity contribution is 0.0698. The number of benzene rings is 3. The number of phenolic OH excluding ortho intramolecular Hbond substituents is 1. The lowest BCUT2D eigenvalue weighted by Crippen LogP contribution is -2.37. The number of carbonyl (C=O) groups is 2. The fraction of sp³-hybridized carbons (Fsp3) is 0.231. The summed E-state index contributed by atoms with van der Waals surface area (Å²) in [5.74, 6) is -1.84. The molecule has 33 heavy (non-hydrogen) atoms. The Labute approximate surface area is 199 Å². The third-order valence-corrected chi connectivity index (χ3v) is 5.96. The second kappa shape index (κ2) is 10.4. The van der Waals surface area contributed by atoms with Gasteiger partial charge in [-0.25, -0.2) is 4.79 Å². The van der Waals surface area contributed by atoms with E-state index in [0.29, 0.717) is 6.04 Å². The van der Waals surface area contributed by atoms with E-state index in [2.05, 4.69) is 17.1 Å². The minimum Gasteiger partial charge on any atom is -0.507 e. The standard InChI is InChI=1S/C26H26N2O4.ClH/c1-17-7-5-6-14-28(17)20-11-13-24(29)22(16-20)25(30)27-23-15-19(10-12-21(23)26(31)32)18-8-3-2-4-9-18;/h2-4,8-13,15-17,29H,5-7,14H2,1H3,(H,27,30)(H,31,32);1H. The fourth-order valence-electron chi connectivity index (χ4n) is 4.20. The molecule has 1 amide bonds. The van der Waals surface area contributed by atoms with E-state index in [1.807, 2.05) is 36.4 Å². The number of carboxylic acid groups (broad SMARTS) is 1. The predicted octanol–water partition coefficient (Wildman–Crippen LogP) is 5.81. The summed E-state index contributed by atoms with van der Waals surface area (Å²) in [7, 11) is 0. The van der Waals surface area contributed by atoms with Crippen molar-refractivity contribution in [1.82, 2.24) is 0 Å². The number of amides is 1. The number of carbonyl (C=O) groups excluding carboxylic acids is 1. The normalized spacial score (nSPS) is 15.4. The zero-order valence-corrected chi connectivity index (χ0v) is 19.1. The number of hydrogen-bond donors (Lipinski definition) is 3. The van der Waals surface area contributed by atoms with E-state index < -0.39 is 11.9 Å². The number of phenols is 1. The monoisotopic (exact) mass is 466 g/mol. The minimum absolute atomic E-state index is 0. The highest BCUT2D eigenvalue weighted by molar-refractivity contribution is 6.10. The first kappa shape index (κ1) is 24.1. The minimum atomic E-state index is -1.14. The Morgan fingerprint density at radius 2 is 1.70 bits per heavy atom. The number of halogens is 1. The molecule has 3 aromatic carbocycles. The van der Waals surface area contributed by atoms with Gasteiger partial charge in [-0.2, -0.15) is 0 Å². The number of piperidine rings is 1. The lowest BCUT2D eigenvalue weighted by Gasteiger charge is -2.35. The number of aromatic hydroxyl groups is 1. The van der Waals surface area contributed by atoms with Crippen molar-refractivity contribution in [3.8, 4) is 16.9 Å². The lowest BCUT2D eigenvalue weighted by atomic mass is 10.0. The van der Waals surface area contributed by atoms with E-state index >= 15 is 0 Å². The van der Waals surface area contributed by atoms with Crippen molar-refractivity contribution >= 4 is 35.7 Å². The number of nitrogens with one attached hydrogen (secondary N) is 1. The highest BCUT2D eigenvalue weighted by Gasteiger charge is 2.22. The summed E-state index contributed by atoms with van der Waals surface area (Å²) in [6.07, 6.45) is 3.34. The van der Waals surface area contributed by atoms with Gasteiger partial charge in [0.2, 0.25) is 0 Å². The molecule has 6 nitrogen and oxygen atoms in total. The summed E-state index contributed by atoms with van der Waals surface area (Å²) < 4.78 is 0. The van der Waals surface area contributed by atoms with Gasteiger partial charge in [-0.1, -0.05) is 36.4 Å². The molecular formula is C26H27ClN2O4. The van der Waals surface area contributed by atoms with E-state index in [9.17, 15) is 19.8 Å². The van der Waals surface area contributed by atoms with Gasteiger partial charge in [-0.05, 0) is 67.6 Å². The van der Waals surface area contributed by atoms with Crippen LogP contribution in [0, 0.1) is 0 Å². The molecule has 7 heteroatoms. The first-order chi connectivity index (χ1) is 15.4. The summed E-state index contributed by atoms with van der Waals surface area (Å²) in [6, 6.07) is 19.7. The van der Waals surface area contributed by atoms with Gasteiger partial charge in [0.15, 0.2) is 0 Å². The van der Waals surface area contributed by atoms with Crippen LogP contribution < -0.4 is 10.2 Å². The van der Waals surface area contributed by atoms with Crippen LogP contribution in [0.5, 0.6) is 5.75 Å². The Morgan fingerprint density at radius 1 is 0.939 bits per heavy atom. The maximum Gasteiger partial charge on any atom is 0.337 e. The van der Waals surface area contributed by atoms with Crippen LogP contribution in [0.3, 0.4) is 0 Å². The summed E-state index contributed by atoms with van der Waals surface area (Å²) in [5, 5.41) is 22.7. The molecule has 0 bridgehead atoms. The van der Waals surface area contributed by atoms with Gasteiger partial charge < -0.3 is 20.4 Å². The largest absolute Gasteiger partial charge is 0.507 e. The summed E-state index contributed by atoms with van der Waals surface area (Å²) in [5.41, 5.74) is 2.84. The van der Waals surface area contributed by atoms with Crippen molar-refractivity contribution in [1.29, 1.82) is 0 Å². The van der Waals surface area contributed by atoms with Crippen LogP contribution in [0.1, 0.15) is 46.9 Å². The van der Waals surface area contributed by atoms with E-state index in [1.165, 1.54) is 18.6 Å². The first-order valence-electron chi connectivity index (χ1n) is 10.8. The van der Waals surface area contributed by atoms with E-state index in [1.54, 1.807) is 18.2 Å². The molecule has 0 aromatic heterocycles. The highest BCUT2D eigenvalue weighted by atomic mass is 35.5. The van der Waals surface area contributed by atoms with Crippen molar-refractivity contribution in [2.24, 2.45) is 0 Å². The molecule has 1 heterocycles. The van der Waals surface area contributed by atoms with Crippen LogP contribution in [0.4, 0.5) is 11.4 Å². The van der Waals surface area contributed by atoms with Gasteiger partial charge in [0, 0.05) is 18.3 Å². The Bertz CT molecular complexity index is 1150. The topological polar surface area (TPSA) is 89.9 Å². The molecular weight excluding hydrogens is 440 g/mol. The predicted molar refractivity (Wildman–Crippen MR) is 133 cm³/mol. The zero-order valence-electron chi connectivity index (χ0n) is 18.3. The Hall–Kier alpha value is -3.51. The van der Waals surface area contributed by atoms with Crippen LogP contribution in [0.2, 0.25) is 0 Å². The van der Waals surface area contributed by atoms with Crippen molar-refractivity contribution in [3.63, 3.8) is 0 Å². The number of nitrogens with zero attached hydrogens (tertiary/aromatic N) is 1. The average molecular weight is 467 g/mol. The van der Waals surface area contributed by atoms with Gasteiger partial charge in [-0.15, -0.1) is 12.4 Å². The van der Waals surface area contributed by atoms with Crippen LogP contribution in [0.25, 0.3) is 11.1 Å². The molecule has 1 atom stereocenters. The van der Waals surface area contributed by atoms with Crippen molar-refractivity contribution in [2.45, 2.75) is 32.2 Å². The molecule has 1 aliphatic heterocycles. The van der Waals surface area contributed by atoms with Crippen molar-refractivity contribution in [2.75, 3.05) is 16.8 Å². The molecule has 172 valence electrons. The molecule has 1 unspecified atom stereocenters. The molecule has 0 spiro atoms. The van der Waals surface area contributed by atoms with Gasteiger partial charge in [0.05, 0.1) is 16.8 Å². The third kappa shape index (κ3) is 5.29. The van der Waals surface area contributed by atoms with E-state index in [4.69, 9.17) is 0 Å². The van der Waals surface area contributed by atoms with Crippen LogP contribution in [0.15, 0.2) is 66.7 Å². The van der Waals surface area contributed by atoms with Crippen LogP contribution >= 0.6 is 12.4 Å². The summed E-state index contributed by atoms with van der Waals surface area (Å²) in [4.78, 5) is 27.1. The molecule has 0 radical (unpaired) electrons. The number of hydrogen-bond acceptors (Lipinski definition) is 4. The third-order valence-electron chi connectivity index (χ3n) is 5.96. The average Bonchev–Trinajstić information content (AvgIpc) is 2.80. The van der Waals surface area contributed by atoms with Gasteiger partial charge in [0.25, 0.3) is 5.91 Å². The Kier molecular flexibility index (Phi) is 7.61. The SMILES string of the molecule is CC1CCCCN1c1ccc(O)c(C(=O)Nc2cc(-c3ccccc3)ccc2C(=O)O)c1.Cl. The fourth-order valence-corrected chi connectivity index (χ4v) is 4.20. The number of aromatic carboxylic acids is 1. The zero-order chi connectivity index (χ0) is 22.7. The molecule has 1 aliphatic rings. The highest BCUT2D eigenvalue weighted by Crippen LogP contribution is 2.31. The molecule has 0 aliphatic carbocycles. The smallest absolute Gasteiger partial charge is 0.337 e. The molecule has 4 rings (SSSR count). The van der Waals surface area contributed by atoms with Crippen LogP contribution in [-0.2, 0) is 0 Å². The Balaban J connectivity index is 0.00000306. The van der Waals surface area contributed by atoms with Crippen molar-refractivity contribution in [3.05, 3.63) is 77.9 Å². The molecule has 3 N–H and O–H groups in total. The Morgan fingerprint density at radius 3 is 2.39 bits per heavy atom. The van der Waals surface area contributed by atoms with Crippen molar-refractivity contribution < 1.29 is 19.8 Å². The van der Waals surface area contributed by atoms with Gasteiger partial charge in [0.1, 0.15) is 5.75 Å². The van der Waals surface area contributed by atoms with Gasteiger partial charge in [-0.3, -0.25) is 4.79 Å². The molecule has 3 aromatic rings. The van der Waals surface area contributed by atoms with Crippen LogP contribution in [-0.4, -0.2) is 34.7 Å². The molecule has 0 saturated carbocycles. The number of carboxylic acids is 1. The molecule has 1 saturated heterocycles. The second-order valence-corrected chi connectivity index (χ2v) is 8.13.